The summed E-state index contributed by atoms with van der Waals surface area (Å²) in [6, 6.07) is 0. The van der Waals surface area contributed by atoms with E-state index in [0.717, 1.165) is 0 Å². The molecular formula is O42Zn37-10. The van der Waals surface area contributed by atoms with Crippen molar-refractivity contribution >= 4 is 0 Å². The predicted octanol–water partition coefficient (Wildman–Crippen LogP) is -5.08. The molecule has 0 N–H and O–H groups in total. The predicted molar refractivity (Wildman–Crippen MR) is 28.8 cm³/mol. The van der Waals surface area contributed by atoms with Crippen LogP contribution in [-0.4, -0.2) is 0 Å². The molecule has 0 heterocycles. The molecule has 0 radical (unpaired) electrons. The van der Waals surface area contributed by atoms with Crippen LogP contribution in [0.2, 0.25) is 0 Å². The molecule has 79 heteroatoms. The van der Waals surface area contributed by atoms with Gasteiger partial charge in [0.1, 0.15) is 0 Å². The molecule has 0 aliphatic heterocycles. The van der Waals surface area contributed by atoms with Gasteiger partial charge in [0.2, 0.25) is 0 Å². The Morgan fingerprint density at radius 1 is 0.0253 bits per heavy atom. The molecule has 0 saturated heterocycles. The molecule has 0 aliphatic rings. The zero-order valence-electron chi connectivity index (χ0n) is 43.3. The van der Waals surface area contributed by atoms with E-state index >= 15 is 0 Å². The van der Waals surface area contributed by atoms with Crippen molar-refractivity contribution in [3.63, 3.8) is 0 Å². The van der Waals surface area contributed by atoms with Crippen LogP contribution in [0.5, 0.6) is 0 Å². The topological polar surface area (TPSA) is 1200 Å². The molecule has 0 aliphatic carbocycles. The summed E-state index contributed by atoms with van der Waals surface area (Å²) in [6.07, 6.45) is 0. The van der Waals surface area contributed by atoms with Crippen molar-refractivity contribution in [1.82, 2.24) is 0 Å². The first-order chi connectivity index (χ1) is 0. The summed E-state index contributed by atoms with van der Waals surface area (Å²) in [4.78, 5) is 0. The van der Waals surface area contributed by atoms with Gasteiger partial charge in [-0.15, -0.1) is 0 Å². The van der Waals surface area contributed by atoms with Crippen molar-refractivity contribution in [2.45, 2.75) is 0 Å². The van der Waals surface area contributed by atoms with Crippen molar-refractivity contribution in [3.8, 4) is 0 Å². The Kier molecular flexibility index (Phi) is 57700. The van der Waals surface area contributed by atoms with E-state index in [-0.39, 0.29) is 951 Å². The van der Waals surface area contributed by atoms with Crippen LogP contribution >= 0.6 is 0 Å². The Bertz CT molecular complexity index is 78.8. The normalized spacial score (nSPS) is 0. The average Bonchev–Trinajstić information content (AvgIpc) is 0. The van der Waals surface area contributed by atoms with Crippen molar-refractivity contribution in [3.05, 3.63) is 0 Å². The Morgan fingerprint density at radius 3 is 0.0253 bits per heavy atom. The van der Waals surface area contributed by atoms with Gasteiger partial charge in [-0.2, -0.15) is 0 Å². The maximum Gasteiger partial charge on any atom is 2.00 e. The molecule has 42 nitrogen and oxygen atoms in total. The molecule has 0 aromatic heterocycles. The summed E-state index contributed by atoms with van der Waals surface area (Å²) in [5.41, 5.74) is 0. The van der Waals surface area contributed by atoms with E-state index < -0.39 is 0 Å². The molecule has 0 aromatic rings. The third-order valence-electron chi connectivity index (χ3n) is 0. The molecule has 0 amide bonds. The Hall–Kier alpha value is 21.4. The summed E-state index contributed by atoms with van der Waals surface area (Å²) in [7, 11) is 0. The van der Waals surface area contributed by atoms with Crippen LogP contribution in [0, 0.1) is 0 Å². The van der Waals surface area contributed by atoms with Crippen LogP contribution in [-0.2, 0) is 951 Å². The minimum Gasteiger partial charge on any atom is -2.00 e. The second-order valence-corrected chi connectivity index (χ2v) is 0. The summed E-state index contributed by atoms with van der Waals surface area (Å²) in [5.74, 6) is 0. The van der Waals surface area contributed by atoms with Crippen molar-refractivity contribution < 1.29 is 951 Å². The Morgan fingerprint density at radius 2 is 0.0253 bits per heavy atom. The van der Waals surface area contributed by atoms with Gasteiger partial charge in [0.15, 0.2) is 0 Å². The molecular weight excluding hydrogens is 3090 g/mol. The molecule has 0 unspecified atom stereocenters. The molecule has 0 saturated carbocycles. The van der Waals surface area contributed by atoms with E-state index in [1.807, 2.05) is 0 Å². The van der Waals surface area contributed by atoms with Crippen LogP contribution in [0.4, 0.5) is 0 Å². The van der Waals surface area contributed by atoms with Crippen molar-refractivity contribution in [2.75, 3.05) is 0 Å². The van der Waals surface area contributed by atoms with Gasteiger partial charge in [0.25, 0.3) is 0 Å². The van der Waals surface area contributed by atoms with Gasteiger partial charge in [-0.1, -0.05) is 0 Å². The molecule has 0 fully saturated rings. The zero-order chi connectivity index (χ0) is 0. The average molecular weight is 3090 g/mol. The fraction of sp³-hybridized carbons (Fsp3) is 0. The first-order valence-electron chi connectivity index (χ1n) is 0. The van der Waals surface area contributed by atoms with Crippen LogP contribution in [0.15, 0.2) is 0 Å². The van der Waals surface area contributed by atoms with Gasteiger partial charge >= 0.3 is 721 Å². The number of hydrogen-bond acceptors (Lipinski definition) is 0. The molecule has 0 rings (SSSR count). The van der Waals surface area contributed by atoms with E-state index in [1.54, 1.807) is 0 Å². The fourth-order valence-electron chi connectivity index (χ4n) is 0. The Labute approximate surface area is 930 Å². The summed E-state index contributed by atoms with van der Waals surface area (Å²) in [5, 5.41) is 0. The van der Waals surface area contributed by atoms with Gasteiger partial charge in [-0.25, -0.2) is 0 Å². The van der Waals surface area contributed by atoms with Crippen LogP contribution in [0.3, 0.4) is 0 Å². The molecule has 0 atom stereocenters. The standard InChI is InChI=1S/42O.37Zn/q42*-2;37*+2. The van der Waals surface area contributed by atoms with Gasteiger partial charge in [-0.3, -0.25) is 0 Å². The van der Waals surface area contributed by atoms with Crippen molar-refractivity contribution in [2.24, 2.45) is 0 Å². The number of hydrogen-bond donors (Lipinski definition) is 0. The maximum absolute atomic E-state index is 0. The van der Waals surface area contributed by atoms with E-state index in [4.69, 9.17) is 0 Å². The molecule has 79 heavy (non-hydrogen) atoms. The summed E-state index contributed by atoms with van der Waals surface area (Å²) in [6.45, 7) is 0. The van der Waals surface area contributed by atoms with Crippen LogP contribution in [0.25, 0.3) is 0 Å². The summed E-state index contributed by atoms with van der Waals surface area (Å²) >= 11 is 0. The van der Waals surface area contributed by atoms with Crippen LogP contribution in [0.1, 0.15) is 0 Å². The van der Waals surface area contributed by atoms with E-state index in [1.165, 1.54) is 0 Å². The van der Waals surface area contributed by atoms with E-state index in [9.17, 15) is 0 Å². The summed E-state index contributed by atoms with van der Waals surface area (Å²) < 4.78 is 0. The van der Waals surface area contributed by atoms with Gasteiger partial charge < -0.3 is 230 Å². The molecule has 336 valence electrons. The third-order valence-corrected chi connectivity index (χ3v) is 0. The minimum absolute atomic E-state index is 0. The third kappa shape index (κ3) is 2060. The minimum atomic E-state index is 0. The quantitative estimate of drug-likeness (QED) is 0.206. The fourth-order valence-corrected chi connectivity index (χ4v) is 0. The van der Waals surface area contributed by atoms with Crippen LogP contribution < -0.4 is 0 Å². The maximum atomic E-state index is 0. The van der Waals surface area contributed by atoms with E-state index in [0.29, 0.717) is 0 Å². The molecule has 0 spiro atoms. The molecule has 0 bridgehead atoms. The Balaban J connectivity index is 0. The second kappa shape index (κ2) is 2100. The molecule has 0 aromatic carbocycles. The van der Waals surface area contributed by atoms with E-state index in [2.05, 4.69) is 0 Å². The smallest absolute Gasteiger partial charge is 2.00 e. The first kappa shape index (κ1) is 2170. The number of rotatable bonds is 0. The van der Waals surface area contributed by atoms with Crippen molar-refractivity contribution in [1.29, 1.82) is 0 Å². The first-order valence-corrected chi connectivity index (χ1v) is 0. The second-order valence-electron chi connectivity index (χ2n) is 0. The van der Waals surface area contributed by atoms with Gasteiger partial charge in [0.05, 0.1) is 0 Å². The van der Waals surface area contributed by atoms with Gasteiger partial charge in [0, 0.05) is 0 Å². The largest absolute Gasteiger partial charge is 2.00 e. The SMILES string of the molecule is [O-2].[O-2].[O-2].[O-2].[O-2].[O-2].[O-2].[O-2].[O-2].[O-2].[O-2].[O-2].[O-2].[O-2].[O-2].[O-2].[O-2].[O-2].[O-2].[O-2].[O-2].[O-2].[O-2].[O-2].[O-2].[O-2].[O-2].[O-2].[O-2].[O-2].[O-2].[O-2].[O-2].[O-2].[O-2].[O-2].[O-2].[O-2].[O-2].[O-2].[O-2].[O-2].[Zn+2].[Zn+2].[Zn+2].[Zn+2].[Zn+2].[Zn+2].[Zn+2].[Zn+2].[Zn+2].[Zn+2].[Zn+2].[Zn+2].[Zn+2].[Zn+2].[Zn+2].[Zn+2].[Zn+2].[Zn+2].[Zn+2].[Zn+2].[Zn+2].[Zn+2].[Zn+2].[Zn+2].[Zn+2].[Zn+2].[Zn+2].[Zn+2].[Zn+2].[Zn+2].[Zn+2].[Zn+2].[Zn+2].[Zn+2].[Zn+2].[Zn+2].[Zn+2]. The zero-order valence-corrected chi connectivity index (χ0v) is 153. The monoisotopic (exact) mass is 3040 g/mol. The van der Waals surface area contributed by atoms with Gasteiger partial charge in [-0.05, 0) is 0 Å².